The minimum Gasteiger partial charge on any atom is -0.464 e. The molecule has 0 bridgehead atoms. The Morgan fingerprint density at radius 1 is 1.33 bits per heavy atom. The Bertz CT molecular complexity index is 888. The van der Waals surface area contributed by atoms with Gasteiger partial charge in [0.1, 0.15) is 11.7 Å². The summed E-state index contributed by atoms with van der Waals surface area (Å²) in [6, 6.07) is 11.6. The molecule has 1 aromatic carbocycles. The fraction of sp³-hybridized carbons (Fsp3) is 0.118. The van der Waals surface area contributed by atoms with E-state index in [2.05, 4.69) is 11.4 Å². The Morgan fingerprint density at radius 3 is 2.81 bits per heavy atom. The van der Waals surface area contributed by atoms with Gasteiger partial charge in [-0.2, -0.15) is 0 Å². The van der Waals surface area contributed by atoms with Crippen molar-refractivity contribution in [3.63, 3.8) is 0 Å². The molecule has 2 N–H and O–H groups in total. The Balaban J connectivity index is 2.35. The van der Waals surface area contributed by atoms with E-state index in [9.17, 15) is 9.90 Å². The number of hydrogen-bond acceptors (Lipinski definition) is 4. The van der Waals surface area contributed by atoms with Crippen LogP contribution in [-0.4, -0.2) is 11.2 Å². The van der Waals surface area contributed by atoms with E-state index in [1.165, 1.54) is 12.3 Å². The lowest BCUT2D eigenvalue weighted by Gasteiger charge is -2.14. The second-order valence-corrected chi connectivity index (χ2v) is 4.77. The molecule has 1 heterocycles. The van der Waals surface area contributed by atoms with Crippen molar-refractivity contribution in [2.45, 2.75) is 12.5 Å². The van der Waals surface area contributed by atoms with Crippen LogP contribution in [0.3, 0.4) is 0 Å². The highest BCUT2D eigenvalue weighted by atomic mass is 16.3. The molecule has 0 fully saturated rings. The van der Waals surface area contributed by atoms with Gasteiger partial charge in [0.05, 0.1) is 16.9 Å². The minimum absolute atomic E-state index is 0.164. The van der Waals surface area contributed by atoms with Gasteiger partial charge in [-0.25, -0.2) is 0 Å². The molecule has 0 amide bonds. The predicted molar refractivity (Wildman–Crippen MR) is 80.1 cm³/mol. The molecule has 0 saturated heterocycles. The zero-order valence-electron chi connectivity index (χ0n) is 11.2. The van der Waals surface area contributed by atoms with E-state index in [4.69, 9.17) is 10.8 Å². The number of aliphatic hydroxyl groups excluding tert-OH is 1. The van der Waals surface area contributed by atoms with Crippen molar-refractivity contribution in [1.82, 2.24) is 5.32 Å². The van der Waals surface area contributed by atoms with Crippen molar-refractivity contribution in [1.29, 1.82) is 0 Å². The van der Waals surface area contributed by atoms with E-state index in [0.29, 0.717) is 21.9 Å². The fourth-order valence-corrected chi connectivity index (χ4v) is 2.45. The maximum absolute atomic E-state index is 12.7. The van der Waals surface area contributed by atoms with E-state index >= 15 is 0 Å². The number of nitrogens with one attached hydrogen (secondary N) is 1. The maximum atomic E-state index is 12.7. The molecule has 4 nitrogen and oxygen atoms in total. The molecule has 0 spiro atoms. The number of hydrogen-bond donors (Lipinski definition) is 2. The first-order valence-corrected chi connectivity index (χ1v) is 6.52. The first-order chi connectivity index (χ1) is 10.2. The molecule has 2 aromatic rings. The highest BCUT2D eigenvalue weighted by molar-refractivity contribution is 5.63. The van der Waals surface area contributed by atoms with Gasteiger partial charge < -0.3 is 14.8 Å². The molecular formula is C17H13NO3. The summed E-state index contributed by atoms with van der Waals surface area (Å²) in [5.74, 6) is 0. The van der Waals surface area contributed by atoms with Crippen molar-refractivity contribution in [3.05, 3.63) is 57.5 Å². The van der Waals surface area contributed by atoms with Gasteiger partial charge in [0.25, 0.3) is 0 Å². The summed E-state index contributed by atoms with van der Waals surface area (Å²) in [4.78, 5) is 12.7. The van der Waals surface area contributed by atoms with E-state index in [0.717, 1.165) is 5.56 Å². The molecule has 1 aliphatic carbocycles. The van der Waals surface area contributed by atoms with Gasteiger partial charge in [-0.05, 0) is 11.6 Å². The zero-order chi connectivity index (χ0) is 14.8. The first kappa shape index (κ1) is 13.2. The van der Waals surface area contributed by atoms with Crippen LogP contribution in [0.5, 0.6) is 0 Å². The Morgan fingerprint density at radius 2 is 2.10 bits per heavy atom. The molecule has 3 rings (SSSR count). The second kappa shape index (κ2) is 5.31. The summed E-state index contributed by atoms with van der Waals surface area (Å²) in [6.07, 6.45) is 7.73. The number of fused-ring (bicyclic) bond motifs is 1. The topological polar surface area (TPSA) is 62.5 Å². The summed E-state index contributed by atoms with van der Waals surface area (Å²) in [5, 5.41) is 12.9. The molecular weight excluding hydrogens is 266 g/mol. The van der Waals surface area contributed by atoms with Crippen molar-refractivity contribution in [2.75, 3.05) is 0 Å². The van der Waals surface area contributed by atoms with Crippen LogP contribution in [0, 0.1) is 12.5 Å². The van der Waals surface area contributed by atoms with Gasteiger partial charge in [-0.1, -0.05) is 36.8 Å². The Labute approximate surface area is 121 Å². The SMILES string of the molecule is C#CNC1=c2c(occ(-c3ccccc3)c2=O)=CC(O)C1. The van der Waals surface area contributed by atoms with Crippen LogP contribution in [-0.2, 0) is 0 Å². The Kier molecular flexibility index (Phi) is 3.35. The third kappa shape index (κ3) is 2.35. The van der Waals surface area contributed by atoms with Crippen molar-refractivity contribution in [2.24, 2.45) is 0 Å². The predicted octanol–water partition coefficient (Wildman–Crippen LogP) is 0.140. The van der Waals surface area contributed by atoms with Crippen molar-refractivity contribution in [3.8, 4) is 23.6 Å². The summed E-state index contributed by atoms with van der Waals surface area (Å²) < 4.78 is 5.52. The molecule has 104 valence electrons. The lowest BCUT2D eigenvalue weighted by atomic mass is 10.0. The lowest BCUT2D eigenvalue weighted by Crippen LogP contribution is -2.47. The van der Waals surface area contributed by atoms with Gasteiger partial charge in [0.15, 0.2) is 0 Å². The third-order valence-corrected chi connectivity index (χ3v) is 3.39. The van der Waals surface area contributed by atoms with Crippen LogP contribution in [0.15, 0.2) is 45.8 Å². The summed E-state index contributed by atoms with van der Waals surface area (Å²) in [6.45, 7) is 0. The maximum Gasteiger partial charge on any atom is 0.202 e. The highest BCUT2D eigenvalue weighted by Crippen LogP contribution is 2.13. The average molecular weight is 279 g/mol. The third-order valence-electron chi connectivity index (χ3n) is 3.39. The fourth-order valence-electron chi connectivity index (χ4n) is 2.45. The normalized spacial score (nSPS) is 16.6. The number of aliphatic hydroxyl groups is 1. The monoisotopic (exact) mass is 279 g/mol. The van der Waals surface area contributed by atoms with E-state index in [1.807, 2.05) is 30.3 Å². The molecule has 0 radical (unpaired) electrons. The van der Waals surface area contributed by atoms with Crippen molar-refractivity contribution < 1.29 is 9.52 Å². The van der Waals surface area contributed by atoms with E-state index in [1.54, 1.807) is 0 Å². The summed E-state index contributed by atoms with van der Waals surface area (Å²) in [5.41, 5.74) is 1.93. The first-order valence-electron chi connectivity index (χ1n) is 6.52. The number of terminal acetylenes is 1. The molecule has 1 unspecified atom stereocenters. The molecule has 21 heavy (non-hydrogen) atoms. The minimum atomic E-state index is -0.723. The van der Waals surface area contributed by atoms with E-state index < -0.39 is 6.10 Å². The van der Waals surface area contributed by atoms with Crippen molar-refractivity contribution >= 4 is 11.8 Å². The standard InChI is InChI=1S/C17H13NO3/c1-2-18-14-8-12(19)9-15-16(14)17(20)13(10-21-15)11-6-4-3-5-7-11/h1,3-7,9-10,12,18-19H,8H2. The smallest absolute Gasteiger partial charge is 0.202 e. The number of benzene rings is 1. The van der Waals surface area contributed by atoms with Gasteiger partial charge in [0, 0.05) is 18.2 Å². The van der Waals surface area contributed by atoms with Gasteiger partial charge >= 0.3 is 0 Å². The summed E-state index contributed by atoms with van der Waals surface area (Å²) >= 11 is 0. The summed E-state index contributed by atoms with van der Waals surface area (Å²) in [7, 11) is 0. The van der Waals surface area contributed by atoms with Crippen LogP contribution < -0.4 is 21.4 Å². The molecule has 1 aliphatic rings. The average Bonchev–Trinajstić information content (AvgIpc) is 2.48. The van der Waals surface area contributed by atoms with Crippen LogP contribution in [0.25, 0.3) is 22.9 Å². The lowest BCUT2D eigenvalue weighted by molar-refractivity contribution is 0.238. The highest BCUT2D eigenvalue weighted by Gasteiger charge is 2.17. The van der Waals surface area contributed by atoms with Gasteiger partial charge in [0.2, 0.25) is 5.43 Å². The molecule has 0 saturated carbocycles. The molecule has 0 aliphatic heterocycles. The second-order valence-electron chi connectivity index (χ2n) is 4.77. The molecule has 1 aromatic heterocycles. The van der Waals surface area contributed by atoms with Crippen LogP contribution in [0.4, 0.5) is 0 Å². The van der Waals surface area contributed by atoms with Gasteiger partial charge in [-0.3, -0.25) is 4.79 Å². The quantitative estimate of drug-likeness (QED) is 0.606. The number of rotatable bonds is 2. The molecule has 1 atom stereocenters. The van der Waals surface area contributed by atoms with E-state index in [-0.39, 0.29) is 11.8 Å². The molecule has 4 heteroatoms. The Hall–Kier alpha value is -2.77. The zero-order valence-corrected chi connectivity index (χ0v) is 11.2. The van der Waals surface area contributed by atoms with Crippen LogP contribution in [0.2, 0.25) is 0 Å². The van der Waals surface area contributed by atoms with Crippen LogP contribution in [0.1, 0.15) is 6.42 Å². The van der Waals surface area contributed by atoms with Crippen LogP contribution >= 0.6 is 0 Å². The largest absolute Gasteiger partial charge is 0.464 e. The van der Waals surface area contributed by atoms with Gasteiger partial charge in [-0.15, -0.1) is 0 Å².